The highest BCUT2D eigenvalue weighted by atomic mass is 32.1. The van der Waals surface area contributed by atoms with E-state index in [0.717, 1.165) is 6.42 Å². The Morgan fingerprint density at radius 1 is 1.40 bits per heavy atom. The Labute approximate surface area is 70.2 Å². The second-order valence-corrected chi connectivity index (χ2v) is 6.90. The van der Waals surface area contributed by atoms with Gasteiger partial charge in [0.25, 0.3) is 0 Å². The Bertz CT molecular complexity index is 93.7. The molecule has 0 aliphatic rings. The number of thiol groups is 1. The Morgan fingerprint density at radius 3 is 1.90 bits per heavy atom. The second kappa shape index (κ2) is 4.38. The van der Waals surface area contributed by atoms with Gasteiger partial charge in [-0.2, -0.15) is 12.6 Å². The van der Waals surface area contributed by atoms with Crippen molar-refractivity contribution in [3.05, 3.63) is 0 Å². The average Bonchev–Trinajstić information content (AvgIpc) is 1.90. The van der Waals surface area contributed by atoms with Gasteiger partial charge in [-0.1, -0.05) is 6.92 Å². The first-order chi connectivity index (χ1) is 4.58. The van der Waals surface area contributed by atoms with E-state index in [1.165, 1.54) is 0 Å². The van der Waals surface area contributed by atoms with E-state index in [9.17, 15) is 0 Å². The molecule has 0 aromatic rings. The van der Waals surface area contributed by atoms with Crippen molar-refractivity contribution < 1.29 is 8.85 Å². The van der Waals surface area contributed by atoms with Gasteiger partial charge in [0, 0.05) is 14.2 Å². The van der Waals surface area contributed by atoms with Gasteiger partial charge in [-0.15, -0.1) is 0 Å². The third-order valence-corrected chi connectivity index (χ3v) is 4.88. The second-order valence-electron chi connectivity index (χ2n) is 2.51. The van der Waals surface area contributed by atoms with Gasteiger partial charge in [0.2, 0.25) is 0 Å². The minimum absolute atomic E-state index is 0.0521. The molecule has 62 valence electrons. The molecule has 1 atom stereocenters. The normalized spacial score (nSPS) is 17.4. The van der Waals surface area contributed by atoms with Crippen LogP contribution in [-0.2, 0) is 8.85 Å². The molecule has 0 heterocycles. The first kappa shape index (κ1) is 10.5. The lowest BCUT2D eigenvalue weighted by Gasteiger charge is -2.27. The maximum atomic E-state index is 5.20. The number of hydrogen-bond acceptors (Lipinski definition) is 3. The Hall–Kier alpha value is 0.487. The van der Waals surface area contributed by atoms with Gasteiger partial charge in [-0.05, 0) is 13.3 Å². The van der Waals surface area contributed by atoms with Crippen LogP contribution in [0.1, 0.15) is 20.3 Å². The lowest BCUT2D eigenvalue weighted by atomic mass is 10.4. The van der Waals surface area contributed by atoms with Gasteiger partial charge in [0.1, 0.15) is 0 Å². The highest BCUT2D eigenvalue weighted by Gasteiger charge is 2.31. The summed E-state index contributed by atoms with van der Waals surface area (Å²) in [7, 11) is 1.83. The minimum Gasteiger partial charge on any atom is -0.399 e. The van der Waals surface area contributed by atoms with Crippen LogP contribution < -0.4 is 0 Å². The van der Waals surface area contributed by atoms with Crippen LogP contribution in [0.5, 0.6) is 0 Å². The van der Waals surface area contributed by atoms with Gasteiger partial charge < -0.3 is 8.85 Å². The summed E-state index contributed by atoms with van der Waals surface area (Å²) in [4.78, 5) is 0. The van der Waals surface area contributed by atoms with E-state index < -0.39 is 9.28 Å². The molecular formula is C6H16O2SSi. The van der Waals surface area contributed by atoms with Crippen molar-refractivity contribution in [1.82, 2.24) is 0 Å². The topological polar surface area (TPSA) is 18.5 Å². The molecule has 0 aromatic heterocycles. The smallest absolute Gasteiger partial charge is 0.337 e. The van der Waals surface area contributed by atoms with E-state index in [0.29, 0.717) is 0 Å². The summed E-state index contributed by atoms with van der Waals surface area (Å²) in [6.07, 6.45) is 0.981. The molecule has 0 saturated heterocycles. The molecule has 0 aliphatic heterocycles. The fraction of sp³-hybridized carbons (Fsp3) is 1.00. The molecule has 0 aromatic carbocycles. The summed E-state index contributed by atoms with van der Waals surface area (Å²) in [6.45, 7) is 4.14. The molecule has 0 spiro atoms. The molecule has 0 aliphatic carbocycles. The van der Waals surface area contributed by atoms with Crippen LogP contribution in [0.2, 0.25) is 0 Å². The molecule has 0 rings (SSSR count). The maximum absolute atomic E-state index is 5.20. The molecule has 0 fully saturated rings. The number of hydrogen-bond donors (Lipinski definition) is 1. The molecule has 0 radical (unpaired) electrons. The minimum atomic E-state index is -1.54. The van der Waals surface area contributed by atoms with Gasteiger partial charge in [-0.3, -0.25) is 0 Å². The maximum Gasteiger partial charge on any atom is 0.337 e. The van der Waals surface area contributed by atoms with Crippen LogP contribution in [0.25, 0.3) is 0 Å². The van der Waals surface area contributed by atoms with Crippen LogP contribution in [0.3, 0.4) is 0 Å². The standard InChI is InChI=1S/C6H16O2SSi/c1-5-6(2,9)10(7-3)8-4/h9-10H,5H2,1-4H3. The zero-order chi connectivity index (χ0) is 8.20. The molecule has 2 nitrogen and oxygen atoms in total. The summed E-state index contributed by atoms with van der Waals surface area (Å²) < 4.78 is 10.3. The molecule has 4 heteroatoms. The Morgan fingerprint density at radius 2 is 1.80 bits per heavy atom. The van der Waals surface area contributed by atoms with Gasteiger partial charge in [-0.25, -0.2) is 0 Å². The molecule has 0 saturated carbocycles. The summed E-state index contributed by atoms with van der Waals surface area (Å²) in [6, 6.07) is 0. The highest BCUT2D eigenvalue weighted by Crippen LogP contribution is 2.21. The van der Waals surface area contributed by atoms with Crippen molar-refractivity contribution in [3.8, 4) is 0 Å². The van der Waals surface area contributed by atoms with E-state index in [1.54, 1.807) is 14.2 Å². The van der Waals surface area contributed by atoms with Gasteiger partial charge >= 0.3 is 9.28 Å². The van der Waals surface area contributed by atoms with E-state index in [2.05, 4.69) is 26.5 Å². The number of rotatable bonds is 4. The lowest BCUT2D eigenvalue weighted by molar-refractivity contribution is 0.262. The largest absolute Gasteiger partial charge is 0.399 e. The van der Waals surface area contributed by atoms with Crippen molar-refractivity contribution in [2.45, 2.75) is 24.6 Å². The molecule has 0 bridgehead atoms. The zero-order valence-corrected chi connectivity index (χ0v) is 9.10. The van der Waals surface area contributed by atoms with Crippen LogP contribution in [0.4, 0.5) is 0 Å². The Balaban J connectivity index is 3.97. The predicted molar refractivity (Wildman–Crippen MR) is 48.8 cm³/mol. The molecule has 1 unspecified atom stereocenters. The predicted octanol–water partition coefficient (Wildman–Crippen LogP) is 1.14. The van der Waals surface area contributed by atoms with E-state index in [1.807, 2.05) is 0 Å². The van der Waals surface area contributed by atoms with Crippen molar-refractivity contribution in [2.75, 3.05) is 14.2 Å². The van der Waals surface area contributed by atoms with Crippen LogP contribution in [0.15, 0.2) is 0 Å². The van der Waals surface area contributed by atoms with E-state index in [-0.39, 0.29) is 4.37 Å². The van der Waals surface area contributed by atoms with E-state index in [4.69, 9.17) is 8.85 Å². The third kappa shape index (κ3) is 2.62. The van der Waals surface area contributed by atoms with Crippen LogP contribution in [-0.4, -0.2) is 27.9 Å². The van der Waals surface area contributed by atoms with Crippen LogP contribution in [0, 0.1) is 0 Å². The molecule has 0 N–H and O–H groups in total. The molecule has 10 heavy (non-hydrogen) atoms. The monoisotopic (exact) mass is 180 g/mol. The summed E-state index contributed by atoms with van der Waals surface area (Å²) >= 11 is 4.45. The van der Waals surface area contributed by atoms with Crippen molar-refractivity contribution in [2.24, 2.45) is 0 Å². The summed E-state index contributed by atoms with van der Waals surface area (Å²) in [5.41, 5.74) is 0. The first-order valence-corrected chi connectivity index (χ1v) is 5.33. The van der Waals surface area contributed by atoms with Crippen molar-refractivity contribution in [3.63, 3.8) is 0 Å². The third-order valence-electron chi connectivity index (χ3n) is 1.65. The fourth-order valence-corrected chi connectivity index (χ4v) is 2.94. The van der Waals surface area contributed by atoms with Crippen molar-refractivity contribution in [1.29, 1.82) is 0 Å². The molecular weight excluding hydrogens is 164 g/mol. The van der Waals surface area contributed by atoms with Gasteiger partial charge in [0.05, 0.1) is 4.37 Å². The van der Waals surface area contributed by atoms with Crippen LogP contribution >= 0.6 is 12.6 Å². The first-order valence-electron chi connectivity index (χ1n) is 3.36. The quantitative estimate of drug-likeness (QED) is 0.516. The summed E-state index contributed by atoms with van der Waals surface area (Å²) in [5, 5.41) is 0. The highest BCUT2D eigenvalue weighted by molar-refractivity contribution is 7.83. The SMILES string of the molecule is CCC(C)(S)[SiH](OC)OC. The van der Waals surface area contributed by atoms with Gasteiger partial charge in [0.15, 0.2) is 0 Å². The molecule has 0 amide bonds. The zero-order valence-electron chi connectivity index (χ0n) is 7.05. The Kier molecular flexibility index (Phi) is 4.60. The van der Waals surface area contributed by atoms with Crippen molar-refractivity contribution >= 4 is 21.9 Å². The van der Waals surface area contributed by atoms with E-state index >= 15 is 0 Å². The average molecular weight is 180 g/mol. The fourth-order valence-electron chi connectivity index (χ4n) is 0.771. The lowest BCUT2D eigenvalue weighted by Crippen LogP contribution is -2.41. The summed E-state index contributed by atoms with van der Waals surface area (Å²) in [5.74, 6) is 0.